The SMILES string of the molecule is C=CCOC1(C)CCN(c2c(C(OC(C)(C)C)C(=O)O)c(C)nc3cc(-c4cccc(-c5cc(Cl)c(C)cc5O[C@@H](C)CC=C)c4)nn23)CC1. The van der Waals surface area contributed by atoms with Gasteiger partial charge in [0.05, 0.1) is 35.2 Å². The highest BCUT2D eigenvalue weighted by molar-refractivity contribution is 6.31. The maximum Gasteiger partial charge on any atom is 0.337 e. The molecule has 4 aromatic rings. The first-order valence-corrected chi connectivity index (χ1v) is 17.5. The number of hydrogen-bond acceptors (Lipinski definition) is 7. The van der Waals surface area contributed by atoms with Crippen LogP contribution in [-0.4, -0.2) is 62.7 Å². The minimum atomic E-state index is -1.25. The number of halogens is 1. The zero-order chi connectivity index (χ0) is 36.4. The van der Waals surface area contributed by atoms with Crippen LogP contribution in [-0.2, 0) is 14.3 Å². The number of nitrogens with zero attached hydrogens (tertiary/aromatic N) is 4. The molecular weight excluding hydrogens is 652 g/mol. The van der Waals surface area contributed by atoms with Gasteiger partial charge in [0.15, 0.2) is 11.8 Å². The highest BCUT2D eigenvalue weighted by Gasteiger charge is 2.37. The molecule has 0 saturated carbocycles. The number of anilines is 1. The third kappa shape index (κ3) is 8.23. The summed E-state index contributed by atoms with van der Waals surface area (Å²) in [6.45, 7) is 22.9. The van der Waals surface area contributed by atoms with Crippen molar-refractivity contribution in [3.05, 3.63) is 89.6 Å². The average molecular weight is 701 g/mol. The lowest BCUT2D eigenvalue weighted by atomic mass is 9.92. The predicted octanol–water partition coefficient (Wildman–Crippen LogP) is 9.18. The number of fused-ring (bicyclic) bond motifs is 1. The van der Waals surface area contributed by atoms with Gasteiger partial charge in [-0.1, -0.05) is 42.0 Å². The van der Waals surface area contributed by atoms with Crippen LogP contribution in [0.5, 0.6) is 5.75 Å². The number of benzene rings is 2. The Morgan fingerprint density at radius 2 is 1.80 bits per heavy atom. The van der Waals surface area contributed by atoms with E-state index in [0.717, 1.165) is 40.8 Å². The van der Waals surface area contributed by atoms with Crippen molar-refractivity contribution in [1.82, 2.24) is 14.6 Å². The molecule has 0 radical (unpaired) electrons. The molecule has 2 aromatic carbocycles. The Balaban J connectivity index is 1.64. The van der Waals surface area contributed by atoms with E-state index in [4.69, 9.17) is 35.9 Å². The summed E-state index contributed by atoms with van der Waals surface area (Å²) in [5.41, 5.74) is 4.92. The number of carboxylic acid groups (broad SMARTS) is 1. The van der Waals surface area contributed by atoms with Crippen molar-refractivity contribution >= 4 is 29.0 Å². The lowest BCUT2D eigenvalue weighted by Crippen LogP contribution is -2.45. The lowest BCUT2D eigenvalue weighted by molar-refractivity contribution is -0.160. The molecule has 1 aliphatic heterocycles. The second-order valence-corrected chi connectivity index (χ2v) is 14.8. The standard InChI is InChI=1S/C40H49ClN4O5/c1-10-13-26(4)49-33-21-25(3)31(41)23-30(33)28-14-12-15-29(22-28)32-24-34-42-27(5)35(36(38(46)47)50-39(6,7)8)37(45(34)43-32)44-18-16-40(9,17-19-44)48-20-11-2/h10-12,14-15,21-24,26,36H,1-2,13,16-20H2,3-9H3,(H,46,47)/t26-,36?/m0/s1. The molecule has 266 valence electrons. The number of carboxylic acids is 1. The number of ether oxygens (including phenoxy) is 3. The third-order valence-corrected chi connectivity index (χ3v) is 9.40. The number of piperidine rings is 1. The van der Waals surface area contributed by atoms with Gasteiger partial charge in [0.2, 0.25) is 0 Å². The number of carbonyl (C=O) groups is 1. The van der Waals surface area contributed by atoms with E-state index in [2.05, 4.69) is 31.0 Å². The van der Waals surface area contributed by atoms with Crippen molar-refractivity contribution in [3.63, 3.8) is 0 Å². The Morgan fingerprint density at radius 3 is 2.44 bits per heavy atom. The van der Waals surface area contributed by atoms with Crippen LogP contribution < -0.4 is 9.64 Å². The van der Waals surface area contributed by atoms with E-state index in [1.54, 1.807) is 10.6 Å². The van der Waals surface area contributed by atoms with Gasteiger partial charge in [-0.25, -0.2) is 9.78 Å². The van der Waals surface area contributed by atoms with Crippen LogP contribution in [0, 0.1) is 13.8 Å². The van der Waals surface area contributed by atoms with Gasteiger partial charge in [0.1, 0.15) is 11.6 Å². The zero-order valence-corrected chi connectivity index (χ0v) is 31.0. The normalized spacial score (nSPS) is 15.9. The zero-order valence-electron chi connectivity index (χ0n) is 30.3. The van der Waals surface area contributed by atoms with E-state index in [1.807, 2.05) is 84.0 Å². The van der Waals surface area contributed by atoms with Gasteiger partial charge in [0, 0.05) is 47.4 Å². The van der Waals surface area contributed by atoms with E-state index < -0.39 is 17.7 Å². The molecule has 1 N–H and O–H groups in total. The second kappa shape index (κ2) is 15.0. The summed E-state index contributed by atoms with van der Waals surface area (Å²) < 4.78 is 20.5. The molecule has 50 heavy (non-hydrogen) atoms. The van der Waals surface area contributed by atoms with Crippen molar-refractivity contribution in [2.75, 3.05) is 24.6 Å². The Labute approximate surface area is 300 Å². The molecule has 2 aromatic heterocycles. The first kappa shape index (κ1) is 37.1. The fraction of sp³-hybridized carbons (Fsp3) is 0.425. The van der Waals surface area contributed by atoms with Crippen LogP contribution in [0.15, 0.2) is 67.8 Å². The van der Waals surface area contributed by atoms with E-state index >= 15 is 0 Å². The molecule has 1 fully saturated rings. The minimum Gasteiger partial charge on any atom is -0.490 e. The summed E-state index contributed by atoms with van der Waals surface area (Å²) in [5, 5.41) is 16.2. The van der Waals surface area contributed by atoms with Crippen LogP contribution in [0.2, 0.25) is 5.02 Å². The number of aromatic nitrogens is 3. The highest BCUT2D eigenvalue weighted by Crippen LogP contribution is 2.40. The molecule has 9 nitrogen and oxygen atoms in total. The fourth-order valence-corrected chi connectivity index (χ4v) is 6.54. The summed E-state index contributed by atoms with van der Waals surface area (Å²) in [7, 11) is 0. The van der Waals surface area contributed by atoms with Gasteiger partial charge in [-0.15, -0.1) is 13.2 Å². The molecular formula is C40H49ClN4O5. The van der Waals surface area contributed by atoms with E-state index in [1.165, 1.54) is 0 Å². The fourth-order valence-electron chi connectivity index (χ4n) is 6.37. The molecule has 1 unspecified atom stereocenters. The van der Waals surface area contributed by atoms with E-state index in [9.17, 15) is 9.90 Å². The highest BCUT2D eigenvalue weighted by atomic mass is 35.5. The van der Waals surface area contributed by atoms with E-state index in [0.29, 0.717) is 59.6 Å². The number of aliphatic carboxylic acids is 1. The molecule has 0 amide bonds. The quantitative estimate of drug-likeness (QED) is 0.138. The summed E-state index contributed by atoms with van der Waals surface area (Å²) >= 11 is 6.63. The predicted molar refractivity (Wildman–Crippen MR) is 200 cm³/mol. The Kier molecular flexibility index (Phi) is 11.1. The van der Waals surface area contributed by atoms with Gasteiger partial charge in [-0.2, -0.15) is 9.61 Å². The minimum absolute atomic E-state index is 0.0616. The van der Waals surface area contributed by atoms with Crippen LogP contribution in [0.1, 0.15) is 76.8 Å². The van der Waals surface area contributed by atoms with Crippen molar-refractivity contribution in [2.24, 2.45) is 0 Å². The first-order valence-electron chi connectivity index (χ1n) is 17.1. The molecule has 0 bridgehead atoms. The summed E-state index contributed by atoms with van der Waals surface area (Å²) in [6.07, 6.45) is 4.49. The lowest BCUT2D eigenvalue weighted by Gasteiger charge is -2.41. The van der Waals surface area contributed by atoms with Gasteiger partial charge in [-0.05, 0) is 90.6 Å². The summed E-state index contributed by atoms with van der Waals surface area (Å²) in [6, 6.07) is 13.9. The van der Waals surface area contributed by atoms with E-state index in [-0.39, 0.29) is 11.7 Å². The van der Waals surface area contributed by atoms with Gasteiger partial charge >= 0.3 is 5.97 Å². The van der Waals surface area contributed by atoms with Crippen LogP contribution in [0.3, 0.4) is 0 Å². The average Bonchev–Trinajstić information content (AvgIpc) is 3.48. The van der Waals surface area contributed by atoms with Crippen LogP contribution in [0.25, 0.3) is 28.0 Å². The number of rotatable bonds is 13. The van der Waals surface area contributed by atoms with Crippen molar-refractivity contribution < 1.29 is 24.1 Å². The molecule has 0 spiro atoms. The first-order chi connectivity index (χ1) is 23.6. The smallest absolute Gasteiger partial charge is 0.337 e. The third-order valence-electron chi connectivity index (χ3n) is 8.99. The summed E-state index contributed by atoms with van der Waals surface area (Å²) in [5.74, 6) is 0.318. The molecule has 2 atom stereocenters. The Hall–Kier alpha value is -4.18. The van der Waals surface area contributed by atoms with Gasteiger partial charge in [-0.3, -0.25) is 0 Å². The van der Waals surface area contributed by atoms with Crippen molar-refractivity contribution in [2.45, 2.75) is 91.1 Å². The molecule has 3 heterocycles. The molecule has 0 aliphatic carbocycles. The molecule has 1 saturated heterocycles. The Bertz CT molecular complexity index is 1890. The van der Waals surface area contributed by atoms with Crippen LogP contribution in [0.4, 0.5) is 5.82 Å². The monoisotopic (exact) mass is 700 g/mol. The van der Waals surface area contributed by atoms with Crippen molar-refractivity contribution in [3.8, 4) is 28.1 Å². The number of hydrogen-bond donors (Lipinski definition) is 1. The molecule has 1 aliphatic rings. The van der Waals surface area contributed by atoms with Gasteiger partial charge in [0.25, 0.3) is 0 Å². The second-order valence-electron chi connectivity index (χ2n) is 14.4. The van der Waals surface area contributed by atoms with Gasteiger partial charge < -0.3 is 24.2 Å². The molecule has 10 heteroatoms. The number of aryl methyl sites for hydroxylation is 2. The maximum absolute atomic E-state index is 12.8. The summed E-state index contributed by atoms with van der Waals surface area (Å²) in [4.78, 5) is 19.9. The maximum atomic E-state index is 12.8. The van der Waals surface area contributed by atoms with Crippen LogP contribution >= 0.6 is 11.6 Å². The Morgan fingerprint density at radius 1 is 1.10 bits per heavy atom. The topological polar surface area (TPSA) is 98.4 Å². The molecule has 5 rings (SSSR count). The van der Waals surface area contributed by atoms with Crippen molar-refractivity contribution in [1.29, 1.82) is 0 Å². The largest absolute Gasteiger partial charge is 0.490 e.